The van der Waals surface area contributed by atoms with E-state index < -0.39 is 0 Å². The minimum atomic E-state index is -0.377. The molecular formula is C14H13FN3O+. The van der Waals surface area contributed by atoms with Gasteiger partial charge in [-0.1, -0.05) is 24.3 Å². The molecule has 0 aliphatic heterocycles. The summed E-state index contributed by atoms with van der Waals surface area (Å²) in [5.41, 5.74) is 2.68. The van der Waals surface area contributed by atoms with E-state index in [0.717, 1.165) is 0 Å². The monoisotopic (exact) mass is 258 g/mol. The molecule has 1 aromatic heterocycles. The van der Waals surface area contributed by atoms with Gasteiger partial charge in [-0.2, -0.15) is 9.67 Å². The van der Waals surface area contributed by atoms with Crippen LogP contribution in [0.5, 0.6) is 0 Å². The van der Waals surface area contributed by atoms with Crippen LogP contribution >= 0.6 is 0 Å². The zero-order valence-corrected chi connectivity index (χ0v) is 10.2. The lowest BCUT2D eigenvalue weighted by atomic mass is 10.2. The molecule has 0 radical (unpaired) electrons. The number of rotatable bonds is 4. The maximum Gasteiger partial charge on any atom is 0.305 e. The van der Waals surface area contributed by atoms with Crippen molar-refractivity contribution in [3.8, 4) is 0 Å². The van der Waals surface area contributed by atoms with Crippen LogP contribution in [0.4, 0.5) is 4.39 Å². The Morgan fingerprint density at radius 2 is 1.95 bits per heavy atom. The molecule has 0 saturated heterocycles. The van der Waals surface area contributed by atoms with Crippen molar-refractivity contribution in [2.24, 2.45) is 5.10 Å². The van der Waals surface area contributed by atoms with Gasteiger partial charge in [0.05, 0.1) is 6.21 Å². The van der Waals surface area contributed by atoms with E-state index in [-0.39, 0.29) is 18.3 Å². The van der Waals surface area contributed by atoms with Gasteiger partial charge in [-0.05, 0) is 6.07 Å². The van der Waals surface area contributed by atoms with Gasteiger partial charge in [0.25, 0.3) is 0 Å². The highest BCUT2D eigenvalue weighted by atomic mass is 19.1. The molecule has 0 aliphatic carbocycles. The van der Waals surface area contributed by atoms with Gasteiger partial charge in [-0.15, -0.1) is 0 Å². The van der Waals surface area contributed by atoms with Crippen LogP contribution in [0.15, 0.2) is 60.0 Å². The van der Waals surface area contributed by atoms with Gasteiger partial charge in [0.15, 0.2) is 12.4 Å². The molecule has 0 spiro atoms. The van der Waals surface area contributed by atoms with Crippen LogP contribution in [0.3, 0.4) is 0 Å². The highest BCUT2D eigenvalue weighted by Crippen LogP contribution is 2.02. The molecule has 0 fully saturated rings. The molecule has 0 unspecified atom stereocenters. The van der Waals surface area contributed by atoms with E-state index in [1.165, 1.54) is 12.3 Å². The maximum absolute atomic E-state index is 13.3. The number of pyridine rings is 1. The Kier molecular flexibility index (Phi) is 4.34. The number of benzene rings is 1. The lowest BCUT2D eigenvalue weighted by molar-refractivity contribution is -0.684. The van der Waals surface area contributed by atoms with Crippen molar-refractivity contribution in [2.45, 2.75) is 6.54 Å². The Bertz CT molecular complexity index is 584. The molecule has 2 aromatic rings. The lowest BCUT2D eigenvalue weighted by Crippen LogP contribution is -2.40. The predicted molar refractivity (Wildman–Crippen MR) is 68.8 cm³/mol. The molecule has 5 heteroatoms. The van der Waals surface area contributed by atoms with E-state index in [1.807, 2.05) is 18.2 Å². The molecule has 1 N–H and O–H groups in total. The molecule has 0 bridgehead atoms. The molecular weight excluding hydrogens is 245 g/mol. The van der Waals surface area contributed by atoms with E-state index in [2.05, 4.69) is 10.5 Å². The number of carbonyl (C=O) groups is 1. The Morgan fingerprint density at radius 1 is 1.21 bits per heavy atom. The standard InChI is InChI=1S/C14H12FN3O/c15-13-7-3-2-6-12(13)10-16-17-14(19)11-18-8-4-1-5-9-18/h1-10H,11H2/p+1/b16-10+. The number of amides is 1. The highest BCUT2D eigenvalue weighted by Gasteiger charge is 2.06. The predicted octanol–water partition coefficient (Wildman–Crippen LogP) is 1.26. The first kappa shape index (κ1) is 12.9. The van der Waals surface area contributed by atoms with Crippen LogP contribution in [-0.2, 0) is 11.3 Å². The highest BCUT2D eigenvalue weighted by molar-refractivity contribution is 5.82. The zero-order valence-electron chi connectivity index (χ0n) is 10.2. The molecule has 1 aromatic carbocycles. The van der Waals surface area contributed by atoms with E-state index in [4.69, 9.17) is 0 Å². The second-order valence-corrected chi connectivity index (χ2v) is 3.86. The second kappa shape index (κ2) is 6.39. The molecule has 0 aliphatic rings. The molecule has 4 nitrogen and oxygen atoms in total. The Morgan fingerprint density at radius 3 is 2.68 bits per heavy atom. The second-order valence-electron chi connectivity index (χ2n) is 3.86. The summed E-state index contributed by atoms with van der Waals surface area (Å²) in [5, 5.41) is 3.72. The number of halogens is 1. The zero-order chi connectivity index (χ0) is 13.5. The van der Waals surface area contributed by atoms with Gasteiger partial charge in [-0.25, -0.2) is 9.82 Å². The fourth-order valence-electron chi connectivity index (χ4n) is 1.49. The van der Waals surface area contributed by atoms with Crippen molar-refractivity contribution in [1.29, 1.82) is 0 Å². The largest absolute Gasteiger partial charge is 0.305 e. The number of hydrazone groups is 1. The smallest absolute Gasteiger partial charge is 0.266 e. The number of hydrogen-bond acceptors (Lipinski definition) is 2. The number of aromatic nitrogens is 1. The van der Waals surface area contributed by atoms with Crippen LogP contribution in [0.2, 0.25) is 0 Å². The van der Waals surface area contributed by atoms with Crippen molar-refractivity contribution >= 4 is 12.1 Å². The molecule has 0 saturated carbocycles. The fourth-order valence-corrected chi connectivity index (χ4v) is 1.49. The first-order valence-corrected chi connectivity index (χ1v) is 5.76. The Hall–Kier alpha value is -2.56. The Balaban J connectivity index is 1.89. The summed E-state index contributed by atoms with van der Waals surface area (Å²) >= 11 is 0. The molecule has 19 heavy (non-hydrogen) atoms. The van der Waals surface area contributed by atoms with E-state index in [0.29, 0.717) is 5.56 Å². The number of nitrogens with zero attached hydrogens (tertiary/aromatic N) is 2. The third-order valence-electron chi connectivity index (χ3n) is 2.40. The summed E-state index contributed by atoms with van der Waals surface area (Å²) in [6.07, 6.45) is 4.84. The minimum Gasteiger partial charge on any atom is -0.266 e. The molecule has 1 heterocycles. The van der Waals surface area contributed by atoms with Crippen molar-refractivity contribution < 1.29 is 13.8 Å². The molecule has 1 amide bonds. The molecule has 96 valence electrons. The number of carbonyl (C=O) groups excluding carboxylic acids is 1. The van der Waals surface area contributed by atoms with Crippen molar-refractivity contribution in [1.82, 2.24) is 5.43 Å². The van der Waals surface area contributed by atoms with Gasteiger partial charge in [0.1, 0.15) is 5.82 Å². The minimum absolute atomic E-state index is 0.162. The van der Waals surface area contributed by atoms with Gasteiger partial charge >= 0.3 is 5.91 Å². The van der Waals surface area contributed by atoms with E-state index >= 15 is 0 Å². The summed E-state index contributed by atoms with van der Waals surface area (Å²) in [6, 6.07) is 11.7. The summed E-state index contributed by atoms with van der Waals surface area (Å²) in [5.74, 6) is -0.651. The Labute approximate surface area is 110 Å². The van der Waals surface area contributed by atoms with Crippen molar-refractivity contribution in [3.63, 3.8) is 0 Å². The summed E-state index contributed by atoms with van der Waals surface area (Å²) < 4.78 is 15.0. The quantitative estimate of drug-likeness (QED) is 0.501. The summed E-state index contributed by atoms with van der Waals surface area (Å²) in [6.45, 7) is 0.162. The van der Waals surface area contributed by atoms with Gasteiger partial charge in [0, 0.05) is 17.7 Å². The van der Waals surface area contributed by atoms with E-state index in [9.17, 15) is 9.18 Å². The maximum atomic E-state index is 13.3. The van der Waals surface area contributed by atoms with Gasteiger partial charge in [0.2, 0.25) is 6.54 Å². The van der Waals surface area contributed by atoms with Crippen LogP contribution in [0, 0.1) is 5.82 Å². The third kappa shape index (κ3) is 3.99. The first-order valence-electron chi connectivity index (χ1n) is 5.76. The van der Waals surface area contributed by atoms with Crippen LogP contribution in [-0.4, -0.2) is 12.1 Å². The summed E-state index contributed by atoms with van der Waals surface area (Å²) in [4.78, 5) is 11.5. The van der Waals surface area contributed by atoms with Crippen molar-refractivity contribution in [2.75, 3.05) is 0 Å². The topological polar surface area (TPSA) is 45.3 Å². The molecule has 2 rings (SSSR count). The van der Waals surface area contributed by atoms with Gasteiger partial charge in [-0.3, -0.25) is 4.79 Å². The van der Waals surface area contributed by atoms with Crippen LogP contribution in [0.1, 0.15) is 5.56 Å². The first-order chi connectivity index (χ1) is 9.25. The lowest BCUT2D eigenvalue weighted by Gasteiger charge is -1.97. The van der Waals surface area contributed by atoms with Gasteiger partial charge < -0.3 is 0 Å². The SMILES string of the molecule is O=C(C[n+]1ccccc1)N/N=C/c1ccccc1F. The third-order valence-corrected chi connectivity index (χ3v) is 2.40. The van der Waals surface area contributed by atoms with Crippen molar-refractivity contribution in [3.05, 3.63) is 66.2 Å². The average molecular weight is 258 g/mol. The average Bonchev–Trinajstić information content (AvgIpc) is 2.42. The van der Waals surface area contributed by atoms with Crippen LogP contribution in [0.25, 0.3) is 0 Å². The van der Waals surface area contributed by atoms with E-state index in [1.54, 1.807) is 35.2 Å². The fraction of sp³-hybridized carbons (Fsp3) is 0.0714. The number of hydrogen-bond donors (Lipinski definition) is 1. The number of nitrogens with one attached hydrogen (secondary N) is 1. The summed E-state index contributed by atoms with van der Waals surface area (Å²) in [7, 11) is 0. The molecule has 0 atom stereocenters. The van der Waals surface area contributed by atoms with Crippen LogP contribution < -0.4 is 9.99 Å². The normalized spacial score (nSPS) is 10.6.